The molecule has 0 fully saturated rings. The van der Waals surface area contributed by atoms with Crippen LogP contribution in [-0.4, -0.2) is 26.6 Å². The molecule has 0 unspecified atom stereocenters. The summed E-state index contributed by atoms with van der Waals surface area (Å²) in [5.41, 5.74) is 1.61. The molecule has 22 heavy (non-hydrogen) atoms. The Kier molecular flexibility index (Phi) is 4.21. The molecular weight excluding hydrogens is 320 g/mol. The largest absolute Gasteiger partial charge is 0.345 e. The second kappa shape index (κ2) is 6.29. The van der Waals surface area contributed by atoms with E-state index in [1.807, 2.05) is 25.1 Å². The van der Waals surface area contributed by atoms with Crippen LogP contribution in [0.15, 0.2) is 40.3 Å². The van der Waals surface area contributed by atoms with E-state index in [1.165, 1.54) is 29.3 Å². The summed E-state index contributed by atoms with van der Waals surface area (Å²) in [5.74, 6) is 0.0213. The lowest BCUT2D eigenvalue weighted by Gasteiger charge is -2.01. The molecule has 0 aliphatic carbocycles. The number of carbonyl (C=O) groups is 1. The smallest absolute Gasteiger partial charge is 0.301 e. The van der Waals surface area contributed by atoms with E-state index < -0.39 is 5.69 Å². The van der Waals surface area contributed by atoms with Crippen molar-refractivity contribution < 1.29 is 4.79 Å². The third-order valence-corrected chi connectivity index (χ3v) is 4.69. The standard InChI is InChI=1S/C14H12N4O2S2/c1-8-2-3-9-10(6-8)22-14(16-9)17-11(19)7-21-12-4-5-15-13(20)18-12/h2-6H,7H2,1H3,(H,15,18,20)(H,16,17,19). The number of fused-ring (bicyclic) bond motifs is 1. The number of hydrogen-bond donors (Lipinski definition) is 2. The van der Waals surface area contributed by atoms with Crippen LogP contribution >= 0.6 is 23.1 Å². The molecule has 3 rings (SSSR count). The summed E-state index contributed by atoms with van der Waals surface area (Å²) in [5, 5.41) is 3.96. The van der Waals surface area contributed by atoms with Crippen LogP contribution < -0.4 is 11.0 Å². The molecule has 0 radical (unpaired) electrons. The minimum Gasteiger partial charge on any atom is -0.301 e. The fourth-order valence-corrected chi connectivity index (χ4v) is 3.48. The minimum atomic E-state index is -0.424. The van der Waals surface area contributed by atoms with Crippen molar-refractivity contribution in [1.29, 1.82) is 0 Å². The van der Waals surface area contributed by atoms with Crippen LogP contribution in [0.2, 0.25) is 0 Å². The first-order valence-electron chi connectivity index (χ1n) is 6.45. The Morgan fingerprint density at radius 3 is 3.09 bits per heavy atom. The first-order chi connectivity index (χ1) is 10.6. The molecule has 1 amide bonds. The number of thioether (sulfide) groups is 1. The highest BCUT2D eigenvalue weighted by Crippen LogP contribution is 2.26. The molecule has 2 heterocycles. The highest BCUT2D eigenvalue weighted by Gasteiger charge is 2.09. The van der Waals surface area contributed by atoms with Gasteiger partial charge in [-0.05, 0) is 30.7 Å². The monoisotopic (exact) mass is 332 g/mol. The maximum absolute atomic E-state index is 11.9. The molecule has 3 aromatic rings. The van der Waals surface area contributed by atoms with Crippen LogP contribution in [0.3, 0.4) is 0 Å². The van der Waals surface area contributed by atoms with Gasteiger partial charge in [-0.1, -0.05) is 29.2 Å². The third kappa shape index (κ3) is 3.52. The van der Waals surface area contributed by atoms with Gasteiger partial charge in [-0.25, -0.2) is 14.8 Å². The van der Waals surface area contributed by atoms with Crippen molar-refractivity contribution in [3.8, 4) is 0 Å². The maximum atomic E-state index is 11.9. The van der Waals surface area contributed by atoms with Crippen LogP contribution in [0.4, 0.5) is 5.13 Å². The number of aromatic amines is 1. The number of nitrogens with zero attached hydrogens (tertiary/aromatic N) is 2. The molecule has 2 N–H and O–H groups in total. The van der Waals surface area contributed by atoms with Crippen LogP contribution in [0.25, 0.3) is 10.2 Å². The van der Waals surface area contributed by atoms with Gasteiger partial charge in [0.15, 0.2) is 5.13 Å². The zero-order valence-electron chi connectivity index (χ0n) is 11.6. The molecule has 0 atom stereocenters. The number of carbonyl (C=O) groups excluding carboxylic acids is 1. The zero-order chi connectivity index (χ0) is 15.5. The second-order valence-electron chi connectivity index (χ2n) is 4.57. The first kappa shape index (κ1) is 14.7. The van der Waals surface area contributed by atoms with E-state index in [4.69, 9.17) is 0 Å². The summed E-state index contributed by atoms with van der Waals surface area (Å²) in [7, 11) is 0. The van der Waals surface area contributed by atoms with Crippen molar-refractivity contribution in [2.75, 3.05) is 11.1 Å². The van der Waals surface area contributed by atoms with Crippen molar-refractivity contribution in [2.45, 2.75) is 11.9 Å². The fourth-order valence-electron chi connectivity index (χ4n) is 1.82. The highest BCUT2D eigenvalue weighted by atomic mass is 32.2. The molecule has 1 aromatic carbocycles. The number of hydrogen-bond acceptors (Lipinski definition) is 6. The summed E-state index contributed by atoms with van der Waals surface area (Å²) >= 11 is 2.68. The van der Waals surface area contributed by atoms with Crippen molar-refractivity contribution in [1.82, 2.24) is 15.0 Å². The Labute approximate surface area is 134 Å². The Morgan fingerprint density at radius 2 is 2.27 bits per heavy atom. The van der Waals surface area contributed by atoms with Crippen LogP contribution in [-0.2, 0) is 4.79 Å². The van der Waals surface area contributed by atoms with Crippen LogP contribution in [0.5, 0.6) is 0 Å². The van der Waals surface area contributed by atoms with Gasteiger partial charge in [0.05, 0.1) is 21.0 Å². The molecule has 0 spiro atoms. The Hall–Kier alpha value is -2.19. The maximum Gasteiger partial charge on any atom is 0.345 e. The van der Waals surface area contributed by atoms with Gasteiger partial charge in [-0.3, -0.25) is 4.79 Å². The summed E-state index contributed by atoms with van der Waals surface area (Å²) < 4.78 is 1.04. The molecule has 2 aromatic heterocycles. The summed E-state index contributed by atoms with van der Waals surface area (Å²) in [6.45, 7) is 2.02. The van der Waals surface area contributed by atoms with Gasteiger partial charge in [0, 0.05) is 6.20 Å². The lowest BCUT2D eigenvalue weighted by atomic mass is 10.2. The van der Waals surface area contributed by atoms with E-state index in [9.17, 15) is 9.59 Å². The van der Waals surface area contributed by atoms with E-state index in [0.717, 1.165) is 15.8 Å². The normalized spacial score (nSPS) is 10.8. The molecule has 6 nitrogen and oxygen atoms in total. The number of nitrogens with one attached hydrogen (secondary N) is 2. The summed E-state index contributed by atoms with van der Waals surface area (Å²) in [4.78, 5) is 33.5. The summed E-state index contributed by atoms with van der Waals surface area (Å²) in [6.07, 6.45) is 1.41. The van der Waals surface area contributed by atoms with E-state index in [1.54, 1.807) is 6.07 Å². The van der Waals surface area contributed by atoms with Gasteiger partial charge in [-0.15, -0.1) is 0 Å². The number of amides is 1. The average molecular weight is 332 g/mol. The molecule has 0 saturated carbocycles. The van der Waals surface area contributed by atoms with Crippen molar-refractivity contribution >= 4 is 44.4 Å². The van der Waals surface area contributed by atoms with Crippen molar-refractivity contribution in [3.05, 3.63) is 46.5 Å². The minimum absolute atomic E-state index is 0.168. The van der Waals surface area contributed by atoms with Crippen LogP contribution in [0.1, 0.15) is 5.56 Å². The van der Waals surface area contributed by atoms with E-state index >= 15 is 0 Å². The fraction of sp³-hybridized carbons (Fsp3) is 0.143. The lowest BCUT2D eigenvalue weighted by molar-refractivity contribution is -0.113. The quantitative estimate of drug-likeness (QED) is 0.566. The van der Waals surface area contributed by atoms with Gasteiger partial charge >= 0.3 is 5.69 Å². The van der Waals surface area contributed by atoms with Crippen LogP contribution in [0, 0.1) is 6.92 Å². The number of aryl methyl sites for hydroxylation is 1. The topological polar surface area (TPSA) is 87.7 Å². The van der Waals surface area contributed by atoms with E-state index in [0.29, 0.717) is 10.2 Å². The number of thiazole rings is 1. The number of rotatable bonds is 4. The molecular formula is C14H12N4O2S2. The average Bonchev–Trinajstić information content (AvgIpc) is 2.86. The van der Waals surface area contributed by atoms with E-state index in [2.05, 4.69) is 20.3 Å². The molecule has 0 bridgehead atoms. The zero-order valence-corrected chi connectivity index (χ0v) is 13.3. The Balaban J connectivity index is 1.64. The molecule has 8 heteroatoms. The second-order valence-corrected chi connectivity index (χ2v) is 6.61. The predicted octanol–water partition coefficient (Wildman–Crippen LogP) is 2.42. The molecule has 0 aliphatic heterocycles. The van der Waals surface area contributed by atoms with Crippen molar-refractivity contribution in [2.24, 2.45) is 0 Å². The van der Waals surface area contributed by atoms with Gasteiger partial charge in [0.1, 0.15) is 0 Å². The SMILES string of the molecule is Cc1ccc2nc(NC(=O)CSc3ccnc(=O)[nH]3)sc2c1. The lowest BCUT2D eigenvalue weighted by Crippen LogP contribution is -2.15. The van der Waals surface area contributed by atoms with E-state index in [-0.39, 0.29) is 11.7 Å². The highest BCUT2D eigenvalue weighted by molar-refractivity contribution is 7.99. The Morgan fingerprint density at radius 1 is 1.41 bits per heavy atom. The number of benzene rings is 1. The number of aromatic nitrogens is 3. The van der Waals surface area contributed by atoms with Crippen molar-refractivity contribution in [3.63, 3.8) is 0 Å². The number of anilines is 1. The summed E-state index contributed by atoms with van der Waals surface area (Å²) in [6, 6.07) is 7.62. The van der Waals surface area contributed by atoms with Gasteiger partial charge in [0.25, 0.3) is 0 Å². The first-order valence-corrected chi connectivity index (χ1v) is 8.25. The molecule has 112 valence electrons. The molecule has 0 saturated heterocycles. The predicted molar refractivity (Wildman–Crippen MR) is 88.6 cm³/mol. The third-order valence-electron chi connectivity index (χ3n) is 2.80. The van der Waals surface area contributed by atoms with Gasteiger partial charge in [0.2, 0.25) is 5.91 Å². The molecule has 0 aliphatic rings. The van der Waals surface area contributed by atoms with Gasteiger partial charge < -0.3 is 10.3 Å². The Bertz CT molecular complexity index is 888. The number of H-pyrrole nitrogens is 1. The van der Waals surface area contributed by atoms with Gasteiger partial charge in [-0.2, -0.15) is 0 Å².